The van der Waals surface area contributed by atoms with Crippen LogP contribution in [0.15, 0.2) is 0 Å². The monoisotopic (exact) mass is 196 g/mol. The van der Waals surface area contributed by atoms with Crippen LogP contribution in [0.5, 0.6) is 0 Å². The van der Waals surface area contributed by atoms with Crippen molar-refractivity contribution in [3.63, 3.8) is 0 Å². The lowest BCUT2D eigenvalue weighted by molar-refractivity contribution is 0.516. The minimum Gasteiger partial charge on any atom is -0.260 e. The van der Waals surface area contributed by atoms with E-state index in [1.807, 2.05) is 0 Å². The summed E-state index contributed by atoms with van der Waals surface area (Å²) in [4.78, 5) is 0. The van der Waals surface area contributed by atoms with Gasteiger partial charge in [-0.1, -0.05) is 13.3 Å². The van der Waals surface area contributed by atoms with Crippen LogP contribution in [0, 0.1) is 5.92 Å². The zero-order chi connectivity index (χ0) is 8.69. The number of hydrogen-bond donors (Lipinski definition) is 0. The van der Waals surface area contributed by atoms with E-state index in [9.17, 15) is 4.21 Å². The topological polar surface area (TPSA) is 17.1 Å². The second-order valence-electron chi connectivity index (χ2n) is 2.87. The second kappa shape index (κ2) is 7.11. The molecule has 0 aliphatic heterocycles. The summed E-state index contributed by atoms with van der Waals surface area (Å²) in [5.74, 6) is 2.09. The van der Waals surface area contributed by atoms with Crippen LogP contribution in [0.2, 0.25) is 0 Å². The summed E-state index contributed by atoms with van der Waals surface area (Å²) >= 11 is 5.73. The highest BCUT2D eigenvalue weighted by Gasteiger charge is 2.06. The first-order valence-electron chi connectivity index (χ1n) is 4.06. The normalized spacial score (nSPS) is 16.3. The highest BCUT2D eigenvalue weighted by atomic mass is 35.5. The van der Waals surface area contributed by atoms with Gasteiger partial charge >= 0.3 is 0 Å². The first kappa shape index (κ1) is 11.4. The Bertz CT molecular complexity index is 117. The number of rotatable bonds is 6. The maximum atomic E-state index is 10.7. The molecule has 0 saturated heterocycles. The first-order chi connectivity index (χ1) is 5.20. The number of hydrogen-bond acceptors (Lipinski definition) is 1. The van der Waals surface area contributed by atoms with Crippen LogP contribution in [0.4, 0.5) is 0 Å². The van der Waals surface area contributed by atoms with Crippen LogP contribution in [0.3, 0.4) is 0 Å². The van der Waals surface area contributed by atoms with E-state index >= 15 is 0 Å². The predicted molar refractivity (Wildman–Crippen MR) is 52.7 cm³/mol. The van der Waals surface area contributed by atoms with E-state index in [2.05, 4.69) is 6.92 Å². The molecule has 68 valence electrons. The van der Waals surface area contributed by atoms with Gasteiger partial charge in [-0.3, -0.25) is 4.21 Å². The van der Waals surface area contributed by atoms with Gasteiger partial charge in [0.2, 0.25) is 0 Å². The highest BCUT2D eigenvalue weighted by molar-refractivity contribution is 7.84. The van der Waals surface area contributed by atoms with E-state index in [4.69, 9.17) is 11.6 Å². The van der Waals surface area contributed by atoms with Crippen LogP contribution in [0.1, 0.15) is 26.2 Å². The maximum Gasteiger partial charge on any atom is 0.0252 e. The van der Waals surface area contributed by atoms with E-state index in [0.29, 0.717) is 11.8 Å². The Kier molecular flexibility index (Phi) is 7.39. The second-order valence-corrected chi connectivity index (χ2v) is 4.74. The Balaban J connectivity index is 3.43. The first-order valence-corrected chi connectivity index (χ1v) is 6.32. The van der Waals surface area contributed by atoms with E-state index in [-0.39, 0.29) is 0 Å². The fourth-order valence-electron chi connectivity index (χ4n) is 1.04. The molecule has 11 heavy (non-hydrogen) atoms. The van der Waals surface area contributed by atoms with Crippen molar-refractivity contribution in [1.29, 1.82) is 0 Å². The molecule has 0 aliphatic rings. The third-order valence-electron chi connectivity index (χ3n) is 1.73. The standard InChI is InChI=1S/C8H17ClOS/c1-3-4-8(7-9)5-6-11(2)10/h8H,3-7H2,1-2H3. The molecular formula is C8H17ClOS. The number of halogens is 1. The fourth-order valence-corrected chi connectivity index (χ4v) is 2.01. The van der Waals surface area contributed by atoms with Crippen LogP contribution in [-0.4, -0.2) is 22.1 Å². The average Bonchev–Trinajstić information content (AvgIpc) is 1.97. The van der Waals surface area contributed by atoms with Gasteiger partial charge in [0.1, 0.15) is 0 Å². The molecule has 0 bridgehead atoms. The molecule has 0 radical (unpaired) electrons. The van der Waals surface area contributed by atoms with Crippen molar-refractivity contribution in [3.8, 4) is 0 Å². The maximum absolute atomic E-state index is 10.7. The molecular weight excluding hydrogens is 180 g/mol. The molecule has 0 aromatic heterocycles. The third kappa shape index (κ3) is 6.82. The molecule has 0 amide bonds. The summed E-state index contributed by atoms with van der Waals surface area (Å²) < 4.78 is 10.7. The molecule has 0 rings (SSSR count). The molecule has 0 heterocycles. The summed E-state index contributed by atoms with van der Waals surface area (Å²) in [6, 6.07) is 0. The summed E-state index contributed by atoms with van der Waals surface area (Å²) in [6.07, 6.45) is 5.10. The van der Waals surface area contributed by atoms with Gasteiger partial charge in [0, 0.05) is 28.7 Å². The van der Waals surface area contributed by atoms with Gasteiger partial charge in [0.25, 0.3) is 0 Å². The molecule has 2 atom stereocenters. The van der Waals surface area contributed by atoms with Crippen LogP contribution < -0.4 is 0 Å². The molecule has 0 aromatic carbocycles. The lowest BCUT2D eigenvalue weighted by atomic mass is 10.0. The van der Waals surface area contributed by atoms with Crippen LogP contribution in [0.25, 0.3) is 0 Å². The third-order valence-corrected chi connectivity index (χ3v) is 2.98. The zero-order valence-electron chi connectivity index (χ0n) is 7.31. The fraction of sp³-hybridized carbons (Fsp3) is 1.00. The predicted octanol–water partition coefficient (Wildman–Crippen LogP) is 2.41. The SMILES string of the molecule is CCCC(CCl)CCS(C)=O. The molecule has 0 spiro atoms. The molecule has 0 fully saturated rings. The Morgan fingerprint density at radius 3 is 2.45 bits per heavy atom. The summed E-state index contributed by atoms with van der Waals surface area (Å²) in [5.41, 5.74) is 0. The minimum absolute atomic E-state index is 0.575. The van der Waals surface area contributed by atoms with E-state index in [1.165, 1.54) is 12.8 Å². The Morgan fingerprint density at radius 2 is 2.09 bits per heavy atom. The van der Waals surface area contributed by atoms with Crippen molar-refractivity contribution >= 4 is 22.4 Å². The lowest BCUT2D eigenvalue weighted by Crippen LogP contribution is -2.07. The quantitative estimate of drug-likeness (QED) is 0.597. The Morgan fingerprint density at radius 1 is 1.45 bits per heavy atom. The van der Waals surface area contributed by atoms with Gasteiger partial charge < -0.3 is 0 Å². The molecule has 1 nitrogen and oxygen atoms in total. The molecule has 0 N–H and O–H groups in total. The Labute approximate surface area is 77.0 Å². The van der Waals surface area contributed by atoms with Gasteiger partial charge in [0.05, 0.1) is 0 Å². The zero-order valence-corrected chi connectivity index (χ0v) is 8.88. The molecule has 0 aliphatic carbocycles. The van der Waals surface area contributed by atoms with Crippen molar-refractivity contribution in [2.45, 2.75) is 26.2 Å². The van der Waals surface area contributed by atoms with Crippen molar-refractivity contribution in [1.82, 2.24) is 0 Å². The smallest absolute Gasteiger partial charge is 0.0252 e. The van der Waals surface area contributed by atoms with Crippen LogP contribution >= 0.6 is 11.6 Å². The van der Waals surface area contributed by atoms with Crippen molar-refractivity contribution < 1.29 is 4.21 Å². The average molecular weight is 197 g/mol. The molecule has 3 heteroatoms. The summed E-state index contributed by atoms with van der Waals surface area (Å²) in [6.45, 7) is 2.16. The van der Waals surface area contributed by atoms with Gasteiger partial charge in [-0.25, -0.2) is 0 Å². The summed E-state index contributed by atoms with van der Waals surface area (Å²) in [5, 5.41) is 0. The van der Waals surface area contributed by atoms with E-state index in [0.717, 1.165) is 12.2 Å². The molecule has 2 unspecified atom stereocenters. The van der Waals surface area contributed by atoms with Crippen molar-refractivity contribution in [3.05, 3.63) is 0 Å². The minimum atomic E-state index is -0.650. The Hall–Kier alpha value is 0.440. The van der Waals surface area contributed by atoms with Crippen molar-refractivity contribution in [2.24, 2.45) is 5.92 Å². The summed E-state index contributed by atoms with van der Waals surface area (Å²) in [7, 11) is -0.650. The van der Waals surface area contributed by atoms with Gasteiger partial charge in [-0.05, 0) is 18.8 Å². The van der Waals surface area contributed by atoms with Crippen molar-refractivity contribution in [2.75, 3.05) is 17.9 Å². The lowest BCUT2D eigenvalue weighted by Gasteiger charge is -2.10. The largest absolute Gasteiger partial charge is 0.260 e. The number of alkyl halides is 1. The highest BCUT2D eigenvalue weighted by Crippen LogP contribution is 2.12. The van der Waals surface area contributed by atoms with E-state index < -0.39 is 10.8 Å². The van der Waals surface area contributed by atoms with Gasteiger partial charge in [0.15, 0.2) is 0 Å². The van der Waals surface area contributed by atoms with Gasteiger partial charge in [-0.2, -0.15) is 0 Å². The molecule has 0 saturated carbocycles. The molecule has 0 aromatic rings. The van der Waals surface area contributed by atoms with Gasteiger partial charge in [-0.15, -0.1) is 11.6 Å². The van der Waals surface area contributed by atoms with Crippen LogP contribution in [-0.2, 0) is 10.8 Å². The van der Waals surface area contributed by atoms with E-state index in [1.54, 1.807) is 6.26 Å².